The van der Waals surface area contributed by atoms with Crippen molar-refractivity contribution < 1.29 is 0 Å². The number of aromatic amines is 1. The summed E-state index contributed by atoms with van der Waals surface area (Å²) in [5.41, 5.74) is 0.914. The highest BCUT2D eigenvalue weighted by Crippen LogP contribution is 2.05. The number of hydrogen-bond donors (Lipinski definition) is 1. The third-order valence-electron chi connectivity index (χ3n) is 1.24. The summed E-state index contributed by atoms with van der Waals surface area (Å²) in [6.07, 6.45) is 5.39. The van der Waals surface area contributed by atoms with E-state index in [-0.39, 0.29) is 0 Å². The molecule has 2 heterocycles. The molecule has 0 radical (unpaired) electrons. The first kappa shape index (κ1) is 7.72. The van der Waals surface area contributed by atoms with Gasteiger partial charge in [-0.25, -0.2) is 0 Å². The lowest BCUT2D eigenvalue weighted by molar-refractivity contribution is 1.08. The van der Waals surface area contributed by atoms with Crippen molar-refractivity contribution in [3.8, 4) is 0 Å². The summed E-state index contributed by atoms with van der Waals surface area (Å²) < 4.78 is 0. The van der Waals surface area contributed by atoms with Crippen molar-refractivity contribution in [3.05, 3.63) is 24.7 Å². The maximum atomic E-state index is 3.86. The quantitative estimate of drug-likeness (QED) is 0.622. The summed E-state index contributed by atoms with van der Waals surface area (Å²) >= 11 is 0. The number of hydrogen-bond acceptors (Lipinski definition) is 2. The fourth-order valence-corrected chi connectivity index (χ4v) is 0.797. The van der Waals surface area contributed by atoms with Gasteiger partial charge in [-0.1, -0.05) is 13.8 Å². The second kappa shape index (κ2) is 3.71. The first-order valence-electron chi connectivity index (χ1n) is 3.71. The fraction of sp³-hybridized carbons (Fsp3) is 0.250. The number of H-pyrrole nitrogens is 1. The van der Waals surface area contributed by atoms with Crippen molar-refractivity contribution in [2.45, 2.75) is 13.8 Å². The number of fused-ring (bicyclic) bond motifs is 1. The molecule has 0 aliphatic heterocycles. The third kappa shape index (κ3) is 1.55. The van der Waals surface area contributed by atoms with Crippen LogP contribution in [0.3, 0.4) is 0 Å². The minimum atomic E-state index is 0.914. The maximum absolute atomic E-state index is 3.86. The van der Waals surface area contributed by atoms with E-state index in [1.807, 2.05) is 32.3 Å². The standard InChI is InChI=1S/C6H5N3.C2H6/c1-2-8-9-6-4-7-3-5(1)6;1-2/h1-4,7H;1-2H3. The van der Waals surface area contributed by atoms with Crippen LogP contribution in [0.4, 0.5) is 0 Å². The van der Waals surface area contributed by atoms with Gasteiger partial charge in [-0.2, -0.15) is 5.10 Å². The zero-order valence-corrected chi connectivity index (χ0v) is 6.70. The van der Waals surface area contributed by atoms with Gasteiger partial charge < -0.3 is 4.98 Å². The van der Waals surface area contributed by atoms with Crippen LogP contribution in [-0.4, -0.2) is 15.2 Å². The molecule has 58 valence electrons. The van der Waals surface area contributed by atoms with Crippen molar-refractivity contribution in [2.24, 2.45) is 0 Å². The molecule has 0 aliphatic carbocycles. The van der Waals surface area contributed by atoms with E-state index >= 15 is 0 Å². The lowest BCUT2D eigenvalue weighted by Crippen LogP contribution is -1.75. The van der Waals surface area contributed by atoms with Gasteiger partial charge >= 0.3 is 0 Å². The summed E-state index contributed by atoms with van der Waals surface area (Å²) in [7, 11) is 0. The van der Waals surface area contributed by atoms with E-state index in [4.69, 9.17) is 0 Å². The Labute approximate surface area is 65.5 Å². The van der Waals surface area contributed by atoms with Crippen LogP contribution < -0.4 is 0 Å². The van der Waals surface area contributed by atoms with Crippen molar-refractivity contribution in [1.29, 1.82) is 0 Å². The van der Waals surface area contributed by atoms with Gasteiger partial charge in [-0.3, -0.25) is 0 Å². The largest absolute Gasteiger partial charge is 0.365 e. The van der Waals surface area contributed by atoms with Gasteiger partial charge in [0.05, 0.1) is 6.20 Å². The van der Waals surface area contributed by atoms with Crippen molar-refractivity contribution >= 4 is 10.9 Å². The predicted molar refractivity (Wildman–Crippen MR) is 45.2 cm³/mol. The lowest BCUT2D eigenvalue weighted by Gasteiger charge is -1.80. The molecule has 1 N–H and O–H groups in total. The molecule has 3 nitrogen and oxygen atoms in total. The SMILES string of the molecule is CC.c1cc2c[nH]cc2nn1. The summed E-state index contributed by atoms with van der Waals surface area (Å²) in [6, 6.07) is 1.92. The molecule has 0 spiro atoms. The average Bonchev–Trinajstić information content (AvgIpc) is 2.55. The lowest BCUT2D eigenvalue weighted by atomic mass is 10.4. The molecule has 3 heteroatoms. The zero-order valence-electron chi connectivity index (χ0n) is 6.70. The van der Waals surface area contributed by atoms with Gasteiger partial charge in [0.1, 0.15) is 5.52 Å². The number of rotatable bonds is 0. The van der Waals surface area contributed by atoms with Crippen LogP contribution in [-0.2, 0) is 0 Å². The van der Waals surface area contributed by atoms with Crippen LogP contribution in [0.5, 0.6) is 0 Å². The fourth-order valence-electron chi connectivity index (χ4n) is 0.797. The van der Waals surface area contributed by atoms with Gasteiger partial charge in [0.2, 0.25) is 0 Å². The molecule has 2 rings (SSSR count). The summed E-state index contributed by atoms with van der Waals surface area (Å²) in [4.78, 5) is 2.94. The Bertz CT molecular complexity index is 283. The van der Waals surface area contributed by atoms with Crippen LogP contribution in [0.15, 0.2) is 24.7 Å². The second-order valence-electron chi connectivity index (χ2n) is 1.83. The van der Waals surface area contributed by atoms with Crippen LogP contribution >= 0.6 is 0 Å². The first-order chi connectivity index (χ1) is 5.47. The Morgan fingerprint density at radius 3 is 2.82 bits per heavy atom. The molecule has 0 aliphatic rings. The van der Waals surface area contributed by atoms with Gasteiger partial charge in [-0.05, 0) is 6.07 Å². The first-order valence-corrected chi connectivity index (χ1v) is 3.71. The van der Waals surface area contributed by atoms with E-state index in [2.05, 4.69) is 15.2 Å². The summed E-state index contributed by atoms with van der Waals surface area (Å²) in [5.74, 6) is 0. The highest BCUT2D eigenvalue weighted by molar-refractivity contribution is 5.76. The Morgan fingerprint density at radius 2 is 2.09 bits per heavy atom. The molecular weight excluding hydrogens is 138 g/mol. The van der Waals surface area contributed by atoms with E-state index in [9.17, 15) is 0 Å². The van der Waals surface area contributed by atoms with Gasteiger partial charge in [0, 0.05) is 17.8 Å². The van der Waals surface area contributed by atoms with Crippen LogP contribution in [0.2, 0.25) is 0 Å². The average molecular weight is 149 g/mol. The highest BCUT2D eigenvalue weighted by atomic mass is 15.1. The molecule has 0 atom stereocenters. The predicted octanol–water partition coefficient (Wildman–Crippen LogP) is 1.98. The van der Waals surface area contributed by atoms with E-state index in [1.165, 1.54) is 0 Å². The Hall–Kier alpha value is -1.38. The topological polar surface area (TPSA) is 41.6 Å². The number of aromatic nitrogens is 3. The Balaban J connectivity index is 0.000000281. The van der Waals surface area contributed by atoms with Crippen molar-refractivity contribution in [1.82, 2.24) is 15.2 Å². The van der Waals surface area contributed by atoms with E-state index in [0.717, 1.165) is 10.9 Å². The van der Waals surface area contributed by atoms with Crippen LogP contribution in [0.25, 0.3) is 10.9 Å². The molecule has 11 heavy (non-hydrogen) atoms. The monoisotopic (exact) mass is 149 g/mol. The van der Waals surface area contributed by atoms with Gasteiger partial charge in [0.25, 0.3) is 0 Å². The minimum absolute atomic E-state index is 0.914. The van der Waals surface area contributed by atoms with Crippen molar-refractivity contribution in [3.63, 3.8) is 0 Å². The van der Waals surface area contributed by atoms with E-state index in [1.54, 1.807) is 6.20 Å². The molecule has 0 amide bonds. The number of nitrogens with one attached hydrogen (secondary N) is 1. The zero-order chi connectivity index (χ0) is 8.10. The highest BCUT2D eigenvalue weighted by Gasteiger charge is 1.89. The smallest absolute Gasteiger partial charge is 0.110 e. The Morgan fingerprint density at radius 1 is 1.27 bits per heavy atom. The summed E-state index contributed by atoms with van der Waals surface area (Å²) in [6.45, 7) is 4.00. The third-order valence-corrected chi connectivity index (χ3v) is 1.24. The van der Waals surface area contributed by atoms with Gasteiger partial charge in [-0.15, -0.1) is 5.10 Å². The molecular formula is C8H11N3. The van der Waals surface area contributed by atoms with Crippen molar-refractivity contribution in [2.75, 3.05) is 0 Å². The molecule has 2 aromatic rings. The summed E-state index contributed by atoms with van der Waals surface area (Å²) in [5, 5.41) is 8.68. The minimum Gasteiger partial charge on any atom is -0.365 e. The second-order valence-corrected chi connectivity index (χ2v) is 1.83. The van der Waals surface area contributed by atoms with E-state index in [0.29, 0.717) is 0 Å². The molecule has 0 saturated carbocycles. The van der Waals surface area contributed by atoms with Crippen LogP contribution in [0.1, 0.15) is 13.8 Å². The maximum Gasteiger partial charge on any atom is 0.110 e. The molecule has 0 bridgehead atoms. The van der Waals surface area contributed by atoms with Gasteiger partial charge in [0.15, 0.2) is 0 Å². The van der Waals surface area contributed by atoms with Crippen LogP contribution in [0, 0.1) is 0 Å². The molecule has 0 aromatic carbocycles. The molecule has 0 unspecified atom stereocenters. The Kier molecular flexibility index (Phi) is 2.60. The van der Waals surface area contributed by atoms with E-state index < -0.39 is 0 Å². The normalized spacial score (nSPS) is 8.91. The number of nitrogens with zero attached hydrogens (tertiary/aromatic N) is 2. The molecule has 2 aromatic heterocycles. The molecule has 0 saturated heterocycles. The molecule has 0 fully saturated rings.